The Labute approximate surface area is 163 Å². The van der Waals surface area contributed by atoms with E-state index >= 15 is 0 Å². The van der Waals surface area contributed by atoms with Gasteiger partial charge in [-0.25, -0.2) is 4.98 Å². The molecule has 2 aromatic heterocycles. The molecule has 1 aliphatic rings. The fourth-order valence-corrected chi connectivity index (χ4v) is 3.85. The molecule has 1 aromatic carbocycles. The number of carbonyl (C=O) groups excluding carboxylic acids is 1. The van der Waals surface area contributed by atoms with Crippen LogP contribution < -0.4 is 0 Å². The Morgan fingerprint density at radius 3 is 2.74 bits per heavy atom. The van der Waals surface area contributed by atoms with Crippen molar-refractivity contribution in [1.82, 2.24) is 14.9 Å². The Kier molecular flexibility index (Phi) is 5.16. The summed E-state index contributed by atoms with van der Waals surface area (Å²) in [4.78, 5) is 24.0. The zero-order chi connectivity index (χ0) is 18.6. The molecule has 4 nitrogen and oxygen atoms in total. The van der Waals surface area contributed by atoms with Crippen molar-refractivity contribution in [2.75, 3.05) is 6.54 Å². The van der Waals surface area contributed by atoms with Gasteiger partial charge in [0.1, 0.15) is 5.69 Å². The fourth-order valence-electron chi connectivity index (χ4n) is 3.61. The largest absolute Gasteiger partial charge is 0.330 e. The van der Waals surface area contributed by atoms with E-state index in [0.29, 0.717) is 16.4 Å². The van der Waals surface area contributed by atoms with Gasteiger partial charge in [0.15, 0.2) is 0 Å². The van der Waals surface area contributed by atoms with E-state index in [1.807, 2.05) is 59.6 Å². The minimum absolute atomic E-state index is 0.0440. The van der Waals surface area contributed by atoms with Crippen molar-refractivity contribution >= 4 is 17.5 Å². The van der Waals surface area contributed by atoms with Gasteiger partial charge in [0, 0.05) is 29.5 Å². The van der Waals surface area contributed by atoms with Gasteiger partial charge in [-0.1, -0.05) is 41.9 Å². The lowest BCUT2D eigenvalue weighted by molar-refractivity contribution is 0.0605. The van der Waals surface area contributed by atoms with Crippen LogP contribution in [0.5, 0.6) is 0 Å². The highest BCUT2D eigenvalue weighted by Gasteiger charge is 2.29. The van der Waals surface area contributed by atoms with Gasteiger partial charge in [-0.2, -0.15) is 0 Å². The average molecular weight is 378 g/mol. The summed E-state index contributed by atoms with van der Waals surface area (Å²) < 4.78 is 0. The normalized spacial score (nSPS) is 16.9. The van der Waals surface area contributed by atoms with Crippen LogP contribution in [-0.4, -0.2) is 27.3 Å². The summed E-state index contributed by atoms with van der Waals surface area (Å²) in [6.45, 7) is 0.733. The lowest BCUT2D eigenvalue weighted by Crippen LogP contribution is -2.39. The summed E-state index contributed by atoms with van der Waals surface area (Å²) in [5, 5.41) is 0.626. The summed E-state index contributed by atoms with van der Waals surface area (Å²) in [6, 6.07) is 17.1. The van der Waals surface area contributed by atoms with Gasteiger partial charge in [0.25, 0.3) is 5.91 Å². The number of amides is 1. The molecule has 1 unspecified atom stereocenters. The molecule has 0 aliphatic carbocycles. The van der Waals surface area contributed by atoms with E-state index in [1.54, 1.807) is 12.3 Å². The topological polar surface area (TPSA) is 46.1 Å². The van der Waals surface area contributed by atoms with E-state index in [-0.39, 0.29) is 11.9 Å². The average Bonchev–Trinajstić information content (AvgIpc) is 2.74. The number of aromatic nitrogens is 2. The molecule has 0 spiro atoms. The maximum Gasteiger partial charge on any atom is 0.272 e. The van der Waals surface area contributed by atoms with Crippen molar-refractivity contribution in [3.05, 3.63) is 83.3 Å². The first kappa shape index (κ1) is 17.7. The summed E-state index contributed by atoms with van der Waals surface area (Å²) in [6.07, 6.45) is 6.67. The van der Waals surface area contributed by atoms with Gasteiger partial charge in [-0.05, 0) is 49.1 Å². The maximum atomic E-state index is 13.3. The van der Waals surface area contributed by atoms with Crippen molar-refractivity contribution in [3.8, 4) is 11.3 Å². The van der Waals surface area contributed by atoms with E-state index < -0.39 is 0 Å². The Balaban J connectivity index is 1.66. The quantitative estimate of drug-likeness (QED) is 0.633. The van der Waals surface area contributed by atoms with Gasteiger partial charge >= 0.3 is 0 Å². The zero-order valence-electron chi connectivity index (χ0n) is 14.9. The van der Waals surface area contributed by atoms with E-state index in [1.165, 1.54) is 0 Å². The monoisotopic (exact) mass is 377 g/mol. The van der Waals surface area contributed by atoms with Gasteiger partial charge in [0.05, 0.1) is 11.7 Å². The number of halogens is 1. The molecular formula is C22H20ClN3O. The van der Waals surface area contributed by atoms with Crippen LogP contribution in [0.2, 0.25) is 5.02 Å². The summed E-state index contributed by atoms with van der Waals surface area (Å²) in [5.41, 5.74) is 3.06. The van der Waals surface area contributed by atoms with Crippen LogP contribution in [0, 0.1) is 0 Å². The maximum absolute atomic E-state index is 13.3. The van der Waals surface area contributed by atoms with Crippen molar-refractivity contribution in [2.45, 2.75) is 25.3 Å². The second kappa shape index (κ2) is 7.89. The first-order valence-electron chi connectivity index (χ1n) is 9.17. The number of carbonyl (C=O) groups is 1. The third-order valence-electron chi connectivity index (χ3n) is 4.95. The second-order valence-corrected chi connectivity index (χ2v) is 7.09. The smallest absolute Gasteiger partial charge is 0.272 e. The molecule has 3 heterocycles. The van der Waals surface area contributed by atoms with E-state index in [4.69, 9.17) is 11.6 Å². The predicted molar refractivity (Wildman–Crippen MR) is 107 cm³/mol. The lowest BCUT2D eigenvalue weighted by Gasteiger charge is -2.35. The van der Waals surface area contributed by atoms with Crippen LogP contribution in [0.25, 0.3) is 11.3 Å². The summed E-state index contributed by atoms with van der Waals surface area (Å²) in [5.74, 6) is -0.0440. The number of nitrogens with zero attached hydrogens (tertiary/aromatic N) is 3. The molecule has 1 fully saturated rings. The molecule has 0 saturated carbocycles. The Morgan fingerprint density at radius 2 is 1.93 bits per heavy atom. The molecule has 4 rings (SSSR count). The Morgan fingerprint density at radius 1 is 1.04 bits per heavy atom. The first-order chi connectivity index (χ1) is 13.2. The van der Waals surface area contributed by atoms with Gasteiger partial charge < -0.3 is 4.90 Å². The standard InChI is InChI=1S/C22H20ClN3O/c23-18-9-2-1-8-17(18)19-10-5-11-20(25-19)22(27)26-14-4-3-12-21(26)16-7-6-13-24-15-16/h1-2,5-11,13,15,21H,3-4,12,14H2. The number of hydrogen-bond donors (Lipinski definition) is 0. The number of hydrogen-bond acceptors (Lipinski definition) is 3. The number of likely N-dealkylation sites (tertiary alicyclic amines) is 1. The summed E-state index contributed by atoms with van der Waals surface area (Å²) >= 11 is 6.30. The first-order valence-corrected chi connectivity index (χ1v) is 9.55. The van der Waals surface area contributed by atoms with Crippen LogP contribution >= 0.6 is 11.6 Å². The molecule has 0 bridgehead atoms. The third kappa shape index (κ3) is 3.71. The molecule has 27 heavy (non-hydrogen) atoms. The highest BCUT2D eigenvalue weighted by Crippen LogP contribution is 2.32. The number of rotatable bonds is 3. The minimum Gasteiger partial charge on any atom is -0.330 e. The Hall–Kier alpha value is -2.72. The fraction of sp³-hybridized carbons (Fsp3) is 0.227. The lowest BCUT2D eigenvalue weighted by atomic mass is 9.96. The number of pyridine rings is 2. The van der Waals surface area contributed by atoms with E-state index in [2.05, 4.69) is 9.97 Å². The number of benzene rings is 1. The van der Waals surface area contributed by atoms with Crippen molar-refractivity contribution < 1.29 is 4.79 Å². The van der Waals surface area contributed by atoms with E-state index in [0.717, 1.165) is 36.9 Å². The molecule has 1 saturated heterocycles. The molecule has 0 radical (unpaired) electrons. The van der Waals surface area contributed by atoms with Crippen LogP contribution in [0.15, 0.2) is 67.0 Å². The third-order valence-corrected chi connectivity index (χ3v) is 5.28. The van der Waals surface area contributed by atoms with Gasteiger partial charge in [0.2, 0.25) is 0 Å². The highest BCUT2D eigenvalue weighted by molar-refractivity contribution is 6.33. The molecule has 0 N–H and O–H groups in total. The SMILES string of the molecule is O=C(c1cccc(-c2ccccc2Cl)n1)N1CCCCC1c1cccnc1. The minimum atomic E-state index is -0.0440. The molecular weight excluding hydrogens is 358 g/mol. The highest BCUT2D eigenvalue weighted by atomic mass is 35.5. The van der Waals surface area contributed by atoms with Crippen LogP contribution in [-0.2, 0) is 0 Å². The number of piperidine rings is 1. The van der Waals surface area contributed by atoms with Crippen LogP contribution in [0.1, 0.15) is 41.4 Å². The summed E-state index contributed by atoms with van der Waals surface area (Å²) in [7, 11) is 0. The predicted octanol–water partition coefficient (Wildman–Crippen LogP) is 5.16. The molecule has 136 valence electrons. The molecule has 1 amide bonds. The van der Waals surface area contributed by atoms with Crippen molar-refractivity contribution in [3.63, 3.8) is 0 Å². The van der Waals surface area contributed by atoms with Gasteiger partial charge in [-0.15, -0.1) is 0 Å². The Bertz CT molecular complexity index is 945. The van der Waals surface area contributed by atoms with Crippen LogP contribution in [0.4, 0.5) is 0 Å². The van der Waals surface area contributed by atoms with Crippen molar-refractivity contribution in [2.24, 2.45) is 0 Å². The van der Waals surface area contributed by atoms with Crippen LogP contribution in [0.3, 0.4) is 0 Å². The van der Waals surface area contributed by atoms with E-state index in [9.17, 15) is 4.79 Å². The second-order valence-electron chi connectivity index (χ2n) is 6.68. The zero-order valence-corrected chi connectivity index (χ0v) is 15.6. The molecule has 3 aromatic rings. The molecule has 1 atom stereocenters. The van der Waals surface area contributed by atoms with Gasteiger partial charge in [-0.3, -0.25) is 9.78 Å². The molecule has 5 heteroatoms. The van der Waals surface area contributed by atoms with Crippen molar-refractivity contribution in [1.29, 1.82) is 0 Å². The molecule has 1 aliphatic heterocycles.